The van der Waals surface area contributed by atoms with E-state index >= 15 is 0 Å². The molecule has 2 heterocycles. The summed E-state index contributed by atoms with van der Waals surface area (Å²) >= 11 is 11.6. The zero-order chi connectivity index (χ0) is 10.1. The van der Waals surface area contributed by atoms with Gasteiger partial charge in [0.15, 0.2) is 5.82 Å². The van der Waals surface area contributed by atoms with Crippen LogP contribution in [-0.2, 0) is 0 Å². The summed E-state index contributed by atoms with van der Waals surface area (Å²) in [6, 6.07) is 0. The third-order valence-corrected chi connectivity index (χ3v) is 2.07. The fourth-order valence-corrected chi connectivity index (χ4v) is 1.40. The average molecular weight is 231 g/mol. The van der Waals surface area contributed by atoms with E-state index in [1.165, 1.54) is 6.33 Å². The highest BCUT2D eigenvalue weighted by molar-refractivity contribution is 6.37. The van der Waals surface area contributed by atoms with Crippen LogP contribution < -0.4 is 0 Å². The molecule has 0 spiro atoms. The largest absolute Gasteiger partial charge is 0.334 e. The topological polar surface area (TPSA) is 64.7 Å². The van der Waals surface area contributed by atoms with Crippen molar-refractivity contribution in [3.8, 4) is 11.5 Å². The Labute approximate surface area is 89.1 Å². The van der Waals surface area contributed by atoms with E-state index in [9.17, 15) is 0 Å². The molecule has 7 heteroatoms. The van der Waals surface area contributed by atoms with E-state index in [-0.39, 0.29) is 16.2 Å². The quantitative estimate of drug-likeness (QED) is 0.703. The molecule has 0 saturated heterocycles. The highest BCUT2D eigenvalue weighted by Crippen LogP contribution is 2.29. The van der Waals surface area contributed by atoms with Crippen molar-refractivity contribution < 1.29 is 4.52 Å². The molecule has 0 atom stereocenters. The number of hydrogen-bond acceptors (Lipinski definition) is 5. The fourth-order valence-electron chi connectivity index (χ4n) is 0.920. The lowest BCUT2D eigenvalue weighted by molar-refractivity contribution is 0.425. The van der Waals surface area contributed by atoms with Gasteiger partial charge in [0.2, 0.25) is 0 Å². The second kappa shape index (κ2) is 3.51. The second-order valence-corrected chi connectivity index (χ2v) is 3.19. The van der Waals surface area contributed by atoms with Crippen LogP contribution in [0.2, 0.25) is 10.3 Å². The number of nitrogens with zero attached hydrogens (tertiary/aromatic N) is 4. The SMILES string of the molecule is Cc1noc(-c2c(Cl)ncnc2Cl)n1. The number of rotatable bonds is 1. The minimum atomic E-state index is 0.189. The molecule has 0 aliphatic heterocycles. The summed E-state index contributed by atoms with van der Waals surface area (Å²) in [7, 11) is 0. The summed E-state index contributed by atoms with van der Waals surface area (Å²) in [6.07, 6.45) is 1.26. The van der Waals surface area contributed by atoms with Crippen molar-refractivity contribution in [3.05, 3.63) is 22.5 Å². The summed E-state index contributed by atoms with van der Waals surface area (Å²) in [6.45, 7) is 1.69. The third kappa shape index (κ3) is 1.56. The van der Waals surface area contributed by atoms with Crippen molar-refractivity contribution in [3.63, 3.8) is 0 Å². The normalized spacial score (nSPS) is 10.5. The van der Waals surface area contributed by atoms with E-state index in [4.69, 9.17) is 27.7 Å². The van der Waals surface area contributed by atoms with Crippen molar-refractivity contribution in [1.29, 1.82) is 0 Å². The number of aromatic nitrogens is 4. The van der Waals surface area contributed by atoms with Crippen molar-refractivity contribution >= 4 is 23.2 Å². The zero-order valence-electron chi connectivity index (χ0n) is 7.03. The highest BCUT2D eigenvalue weighted by Gasteiger charge is 2.16. The maximum Gasteiger partial charge on any atom is 0.264 e. The molecule has 0 aliphatic rings. The minimum Gasteiger partial charge on any atom is -0.334 e. The molecule has 0 aromatic carbocycles. The van der Waals surface area contributed by atoms with Crippen LogP contribution in [0.5, 0.6) is 0 Å². The first-order chi connectivity index (χ1) is 6.68. The molecule has 0 fully saturated rings. The standard InChI is InChI=1S/C7H4Cl2N4O/c1-3-12-7(14-13-3)4-5(8)10-2-11-6(4)9/h2H,1H3. The molecule has 2 rings (SSSR count). The maximum absolute atomic E-state index is 5.81. The van der Waals surface area contributed by atoms with Crippen molar-refractivity contribution in [2.75, 3.05) is 0 Å². The smallest absolute Gasteiger partial charge is 0.264 e. The van der Waals surface area contributed by atoms with Crippen molar-refractivity contribution in [1.82, 2.24) is 20.1 Å². The van der Waals surface area contributed by atoms with Gasteiger partial charge >= 0.3 is 0 Å². The summed E-state index contributed by atoms with van der Waals surface area (Å²) in [4.78, 5) is 11.5. The van der Waals surface area contributed by atoms with Crippen LogP contribution in [0.4, 0.5) is 0 Å². The predicted octanol–water partition coefficient (Wildman–Crippen LogP) is 2.14. The highest BCUT2D eigenvalue weighted by atomic mass is 35.5. The van der Waals surface area contributed by atoms with Gasteiger partial charge in [-0.2, -0.15) is 4.98 Å². The van der Waals surface area contributed by atoms with Gasteiger partial charge in [0, 0.05) is 0 Å². The average Bonchev–Trinajstić information content (AvgIpc) is 2.51. The molecule has 72 valence electrons. The molecule has 0 bridgehead atoms. The van der Waals surface area contributed by atoms with E-state index in [1.807, 2.05) is 0 Å². The Morgan fingerprint density at radius 2 is 1.86 bits per heavy atom. The van der Waals surface area contributed by atoms with Gasteiger partial charge in [-0.1, -0.05) is 28.4 Å². The Bertz CT molecular complexity index is 450. The molecule has 0 aliphatic carbocycles. The van der Waals surface area contributed by atoms with Gasteiger partial charge in [-0.3, -0.25) is 0 Å². The lowest BCUT2D eigenvalue weighted by Crippen LogP contribution is -1.88. The van der Waals surface area contributed by atoms with Crippen LogP contribution in [0.1, 0.15) is 5.82 Å². The summed E-state index contributed by atoms with van der Waals surface area (Å²) in [5, 5.41) is 3.99. The van der Waals surface area contributed by atoms with E-state index in [2.05, 4.69) is 20.1 Å². The lowest BCUT2D eigenvalue weighted by Gasteiger charge is -1.97. The van der Waals surface area contributed by atoms with Gasteiger partial charge in [-0.05, 0) is 6.92 Å². The fraction of sp³-hybridized carbons (Fsp3) is 0.143. The zero-order valence-corrected chi connectivity index (χ0v) is 8.54. The predicted molar refractivity (Wildman–Crippen MR) is 50.1 cm³/mol. The van der Waals surface area contributed by atoms with Gasteiger partial charge < -0.3 is 4.52 Å². The Hall–Kier alpha value is -1.20. The summed E-state index contributed by atoms with van der Waals surface area (Å²) < 4.78 is 4.90. The molecule has 2 aromatic rings. The van der Waals surface area contributed by atoms with E-state index < -0.39 is 0 Å². The number of halogens is 2. The molecule has 0 saturated carbocycles. The van der Waals surface area contributed by atoms with Gasteiger partial charge in [0.1, 0.15) is 22.2 Å². The first kappa shape index (κ1) is 9.36. The Morgan fingerprint density at radius 1 is 1.21 bits per heavy atom. The van der Waals surface area contributed by atoms with Crippen LogP contribution in [0, 0.1) is 6.92 Å². The molecular weight excluding hydrogens is 227 g/mol. The number of hydrogen-bond donors (Lipinski definition) is 0. The van der Waals surface area contributed by atoms with E-state index in [1.54, 1.807) is 6.92 Å². The molecule has 0 amide bonds. The molecule has 2 aromatic heterocycles. The first-order valence-corrected chi connectivity index (χ1v) is 4.41. The molecule has 5 nitrogen and oxygen atoms in total. The summed E-state index contributed by atoms with van der Waals surface area (Å²) in [5.74, 6) is 0.717. The van der Waals surface area contributed by atoms with Crippen LogP contribution in [0.15, 0.2) is 10.9 Å². The number of aryl methyl sites for hydroxylation is 1. The molecule has 0 unspecified atom stereocenters. The maximum atomic E-state index is 5.81. The van der Waals surface area contributed by atoms with Gasteiger partial charge in [-0.15, -0.1) is 0 Å². The molecule has 0 N–H and O–H groups in total. The van der Waals surface area contributed by atoms with Gasteiger partial charge in [0.25, 0.3) is 5.89 Å². The Kier molecular flexibility index (Phi) is 2.35. The van der Waals surface area contributed by atoms with Crippen LogP contribution in [0.25, 0.3) is 11.5 Å². The Morgan fingerprint density at radius 3 is 2.36 bits per heavy atom. The minimum absolute atomic E-state index is 0.189. The van der Waals surface area contributed by atoms with Crippen molar-refractivity contribution in [2.24, 2.45) is 0 Å². The van der Waals surface area contributed by atoms with Gasteiger partial charge in [0.05, 0.1) is 0 Å². The lowest BCUT2D eigenvalue weighted by atomic mass is 10.3. The van der Waals surface area contributed by atoms with Gasteiger partial charge in [-0.25, -0.2) is 9.97 Å². The second-order valence-electron chi connectivity index (χ2n) is 2.48. The summed E-state index contributed by atoms with van der Waals surface area (Å²) in [5.41, 5.74) is 0.358. The van der Waals surface area contributed by atoms with E-state index in [0.717, 1.165) is 0 Å². The Balaban J connectivity index is 2.61. The van der Waals surface area contributed by atoms with E-state index in [0.29, 0.717) is 11.4 Å². The van der Waals surface area contributed by atoms with Crippen molar-refractivity contribution in [2.45, 2.75) is 6.92 Å². The molecular formula is C7H4Cl2N4O. The van der Waals surface area contributed by atoms with Crippen LogP contribution in [-0.4, -0.2) is 20.1 Å². The molecule has 14 heavy (non-hydrogen) atoms. The third-order valence-electron chi connectivity index (χ3n) is 1.50. The first-order valence-electron chi connectivity index (χ1n) is 3.65. The van der Waals surface area contributed by atoms with Crippen LogP contribution in [0.3, 0.4) is 0 Å². The van der Waals surface area contributed by atoms with Crippen LogP contribution >= 0.6 is 23.2 Å². The molecule has 0 radical (unpaired) electrons. The monoisotopic (exact) mass is 230 g/mol.